The van der Waals surface area contributed by atoms with Crippen LogP contribution in [0.2, 0.25) is 0 Å². The van der Waals surface area contributed by atoms with Crippen molar-refractivity contribution in [2.24, 2.45) is 0 Å². The number of imidazole rings is 1. The molecule has 6 heteroatoms. The number of pyridine rings is 2. The van der Waals surface area contributed by atoms with Gasteiger partial charge in [0.25, 0.3) is 0 Å². The number of rotatable bonds is 9. The molecule has 1 aliphatic rings. The first-order valence-electron chi connectivity index (χ1n) is 24.4. The fourth-order valence-electron chi connectivity index (χ4n) is 11.0. The van der Waals surface area contributed by atoms with E-state index in [-0.39, 0.29) is 0 Å². The quantitative estimate of drug-likeness (QED) is 0.135. The third-order valence-corrected chi connectivity index (χ3v) is 14.4. The Balaban J connectivity index is 0.902. The van der Waals surface area contributed by atoms with E-state index in [2.05, 4.69) is 234 Å². The Bertz CT molecular complexity index is 3880. The van der Waals surface area contributed by atoms with Crippen LogP contribution in [-0.4, -0.2) is 19.5 Å². The molecular weight excluding hydrogens is 865 g/mol. The van der Waals surface area contributed by atoms with E-state index in [1.807, 2.05) is 36.7 Å². The summed E-state index contributed by atoms with van der Waals surface area (Å²) in [5.74, 6) is 3.28. The van der Waals surface area contributed by atoms with Gasteiger partial charge < -0.3 is 0 Å². The Labute approximate surface area is 413 Å². The van der Waals surface area contributed by atoms with Crippen molar-refractivity contribution in [2.45, 2.75) is 25.2 Å². The molecular formula is C65H48N6. The Kier molecular flexibility index (Phi) is 10.5. The van der Waals surface area contributed by atoms with E-state index in [0.29, 0.717) is 11.8 Å². The largest absolute Gasteiger partial charge is 0.295 e. The summed E-state index contributed by atoms with van der Waals surface area (Å²) in [5.41, 5.74) is 14.9. The maximum absolute atomic E-state index is 5.19. The van der Waals surface area contributed by atoms with Crippen molar-refractivity contribution < 1.29 is 0 Å². The molecule has 0 spiro atoms. The van der Waals surface area contributed by atoms with E-state index in [1.54, 1.807) is 0 Å². The van der Waals surface area contributed by atoms with Crippen LogP contribution < -0.4 is 9.80 Å². The maximum Gasteiger partial charge on any atom is 0.145 e. The van der Waals surface area contributed by atoms with Crippen LogP contribution in [0, 0.1) is 0 Å². The molecule has 0 amide bonds. The molecule has 12 aromatic rings. The van der Waals surface area contributed by atoms with E-state index in [9.17, 15) is 0 Å². The molecule has 0 N–H and O–H groups in total. The summed E-state index contributed by atoms with van der Waals surface area (Å²) < 4.78 is 2.26. The number of fused-ring (bicyclic) bond motifs is 7. The normalized spacial score (nSPS) is 14.2. The molecule has 6 nitrogen and oxygen atoms in total. The number of hydrogen-bond donors (Lipinski definition) is 0. The highest BCUT2D eigenvalue weighted by molar-refractivity contribution is 6.10. The van der Waals surface area contributed by atoms with Gasteiger partial charge in [-0.3, -0.25) is 14.4 Å². The SMILES string of the molecule is CC1c2ccc(N(c3ccc4c(ccc5cc(N(c6ccc7nc(-c8ccccc8)n(-c8ccccc8)c7c6)c6ccccn6)ccc54)c3)c3ccccn3)cc2-c2ccccc2CC1c1ccccc1. The van der Waals surface area contributed by atoms with E-state index < -0.39 is 0 Å². The summed E-state index contributed by atoms with van der Waals surface area (Å²) in [6, 6.07) is 84.7. The molecule has 0 fully saturated rings. The van der Waals surface area contributed by atoms with Gasteiger partial charge >= 0.3 is 0 Å². The lowest BCUT2D eigenvalue weighted by Gasteiger charge is -2.27. The molecule has 13 rings (SSSR count). The molecule has 2 atom stereocenters. The average molecular weight is 913 g/mol. The van der Waals surface area contributed by atoms with Gasteiger partial charge in [0.2, 0.25) is 0 Å². The second-order valence-electron chi connectivity index (χ2n) is 18.5. The minimum Gasteiger partial charge on any atom is -0.295 e. The van der Waals surface area contributed by atoms with E-state index >= 15 is 0 Å². The van der Waals surface area contributed by atoms with Crippen LogP contribution in [-0.2, 0) is 6.42 Å². The first-order valence-corrected chi connectivity index (χ1v) is 24.4. The zero-order chi connectivity index (χ0) is 47.3. The molecule has 338 valence electrons. The number of hydrogen-bond acceptors (Lipinski definition) is 5. The lowest BCUT2D eigenvalue weighted by atomic mass is 9.80. The number of benzene rings is 9. The highest BCUT2D eigenvalue weighted by Gasteiger charge is 2.30. The lowest BCUT2D eigenvalue weighted by Crippen LogP contribution is -2.13. The molecule has 3 heterocycles. The van der Waals surface area contributed by atoms with Gasteiger partial charge in [0.05, 0.1) is 11.0 Å². The third kappa shape index (κ3) is 7.58. The summed E-state index contributed by atoms with van der Waals surface area (Å²) in [5, 5.41) is 4.65. The predicted molar refractivity (Wildman–Crippen MR) is 293 cm³/mol. The zero-order valence-electron chi connectivity index (χ0n) is 39.2. The van der Waals surface area contributed by atoms with Crippen LogP contribution in [0.25, 0.3) is 60.8 Å². The van der Waals surface area contributed by atoms with Gasteiger partial charge in [-0.15, -0.1) is 0 Å². The van der Waals surface area contributed by atoms with Crippen molar-refractivity contribution in [2.75, 3.05) is 9.80 Å². The fourth-order valence-corrected chi connectivity index (χ4v) is 11.0. The number of aromatic nitrogens is 4. The van der Waals surface area contributed by atoms with E-state index in [0.717, 1.165) is 79.7 Å². The zero-order valence-corrected chi connectivity index (χ0v) is 39.2. The highest BCUT2D eigenvalue weighted by atomic mass is 15.2. The van der Waals surface area contributed by atoms with Gasteiger partial charge in [-0.05, 0) is 159 Å². The molecule has 1 aliphatic carbocycles. The monoisotopic (exact) mass is 912 g/mol. The van der Waals surface area contributed by atoms with Gasteiger partial charge in [-0.1, -0.05) is 153 Å². The van der Waals surface area contributed by atoms with E-state index in [1.165, 1.54) is 38.6 Å². The predicted octanol–water partition coefficient (Wildman–Crippen LogP) is 16.8. The molecule has 0 saturated carbocycles. The summed E-state index contributed by atoms with van der Waals surface area (Å²) in [6.07, 6.45) is 4.73. The maximum atomic E-state index is 5.19. The Morgan fingerprint density at radius 2 is 1.01 bits per heavy atom. The highest BCUT2D eigenvalue weighted by Crippen LogP contribution is 2.48. The van der Waals surface area contributed by atoms with Crippen molar-refractivity contribution in [1.29, 1.82) is 0 Å². The molecule has 0 saturated heterocycles. The smallest absolute Gasteiger partial charge is 0.145 e. The van der Waals surface area contributed by atoms with Gasteiger partial charge in [0, 0.05) is 46.4 Å². The van der Waals surface area contributed by atoms with Gasteiger partial charge in [-0.2, -0.15) is 0 Å². The van der Waals surface area contributed by atoms with Crippen LogP contribution >= 0.6 is 0 Å². The summed E-state index contributed by atoms with van der Waals surface area (Å²) in [6.45, 7) is 2.40. The first kappa shape index (κ1) is 42.0. The fraction of sp³-hybridized carbons (Fsp3) is 0.0615. The van der Waals surface area contributed by atoms with Crippen molar-refractivity contribution in [1.82, 2.24) is 19.5 Å². The van der Waals surface area contributed by atoms with Crippen molar-refractivity contribution >= 4 is 67.0 Å². The Hall–Kier alpha value is -9.13. The summed E-state index contributed by atoms with van der Waals surface area (Å²) in [4.78, 5) is 19.6. The van der Waals surface area contributed by atoms with Crippen molar-refractivity contribution in [3.8, 4) is 28.2 Å². The second kappa shape index (κ2) is 17.7. The minimum absolute atomic E-state index is 0.323. The number of anilines is 6. The summed E-state index contributed by atoms with van der Waals surface area (Å²) in [7, 11) is 0. The first-order chi connectivity index (χ1) is 35.1. The Morgan fingerprint density at radius 1 is 0.465 bits per heavy atom. The van der Waals surface area contributed by atoms with Crippen LogP contribution in [0.4, 0.5) is 34.4 Å². The summed E-state index contributed by atoms with van der Waals surface area (Å²) >= 11 is 0. The second-order valence-corrected chi connectivity index (χ2v) is 18.5. The van der Waals surface area contributed by atoms with Gasteiger partial charge in [-0.25, -0.2) is 15.0 Å². The average Bonchev–Trinajstić information content (AvgIpc) is 3.77. The van der Waals surface area contributed by atoms with Crippen LogP contribution in [0.3, 0.4) is 0 Å². The molecule has 0 bridgehead atoms. The molecule has 0 radical (unpaired) electrons. The van der Waals surface area contributed by atoms with Crippen LogP contribution in [0.5, 0.6) is 0 Å². The number of nitrogens with zero attached hydrogens (tertiary/aromatic N) is 6. The third-order valence-electron chi connectivity index (χ3n) is 14.4. The molecule has 3 aromatic heterocycles. The minimum atomic E-state index is 0.323. The van der Waals surface area contributed by atoms with Crippen LogP contribution in [0.15, 0.2) is 249 Å². The van der Waals surface area contributed by atoms with E-state index in [4.69, 9.17) is 15.0 Å². The number of para-hydroxylation sites is 1. The molecule has 2 unspecified atom stereocenters. The van der Waals surface area contributed by atoms with Gasteiger partial charge in [0.15, 0.2) is 0 Å². The molecule has 0 aliphatic heterocycles. The molecule has 71 heavy (non-hydrogen) atoms. The Morgan fingerprint density at radius 3 is 1.66 bits per heavy atom. The molecule has 9 aromatic carbocycles. The van der Waals surface area contributed by atoms with Gasteiger partial charge in [0.1, 0.15) is 17.5 Å². The lowest BCUT2D eigenvalue weighted by molar-refractivity contribution is 0.579. The standard InChI is InChI=1S/C65H48N6/c1-44-55-33-29-53(42-60(55)56-24-12-11-21-47(56)41-59(44)45-17-5-2-6-18-45)69(63-25-13-15-37-66-63)51-30-34-57-48(39-51)27-28-49-40-52(31-35-58(49)57)70(64-26-14-16-38-67-64)54-32-36-61-62(43-54)71(50-22-9-4-10-23-50)65(68-61)46-19-7-3-8-20-46/h2-40,42-44,59H,41H2,1H3. The topological polar surface area (TPSA) is 50.1 Å². The van der Waals surface area contributed by atoms with Crippen LogP contribution in [0.1, 0.15) is 35.4 Å². The van der Waals surface area contributed by atoms with Crippen molar-refractivity contribution in [3.05, 3.63) is 266 Å². The van der Waals surface area contributed by atoms with Crippen molar-refractivity contribution in [3.63, 3.8) is 0 Å².